The van der Waals surface area contributed by atoms with E-state index in [1.807, 2.05) is 30.3 Å². The summed E-state index contributed by atoms with van der Waals surface area (Å²) in [5, 5.41) is 9.36. The van der Waals surface area contributed by atoms with Crippen LogP contribution < -0.4 is 0 Å². The number of benzene rings is 1. The molecule has 23 heavy (non-hydrogen) atoms. The van der Waals surface area contributed by atoms with Crippen molar-refractivity contribution < 1.29 is 13.5 Å². The Hall–Kier alpha value is -0.950. The topological polar surface area (TPSA) is 60.9 Å². The first kappa shape index (κ1) is 18.4. The average molecular weight is 340 g/mol. The fraction of sp³-hybridized carbons (Fsp3) is 0.647. The van der Waals surface area contributed by atoms with Crippen molar-refractivity contribution in [3.8, 4) is 0 Å². The first-order valence-corrected chi connectivity index (χ1v) is 9.75. The minimum absolute atomic E-state index is 0.0490. The van der Waals surface area contributed by atoms with Gasteiger partial charge in [-0.05, 0) is 24.8 Å². The third kappa shape index (κ3) is 4.32. The molecule has 1 fully saturated rings. The highest BCUT2D eigenvalue weighted by atomic mass is 32.2. The quantitative estimate of drug-likeness (QED) is 0.830. The molecule has 0 amide bonds. The molecule has 1 atom stereocenters. The zero-order valence-electron chi connectivity index (χ0n) is 14.1. The second-order valence-corrected chi connectivity index (χ2v) is 8.32. The van der Waals surface area contributed by atoms with E-state index in [0.717, 1.165) is 31.2 Å². The molecule has 1 N–H and O–H groups in total. The lowest BCUT2D eigenvalue weighted by atomic mass is 9.96. The van der Waals surface area contributed by atoms with Gasteiger partial charge in [0.05, 0.1) is 6.04 Å². The monoisotopic (exact) mass is 340 g/mol. The van der Waals surface area contributed by atoms with Gasteiger partial charge in [-0.25, -0.2) is 0 Å². The maximum Gasteiger partial charge on any atom is 0.282 e. The standard InChI is InChI=1S/C17H28N2O3S/c1-18(16-11-7-4-8-12-16)23(21,22)19(2)17(13-14-20)15-9-5-3-6-10-15/h3,5-6,9-10,16-17,20H,4,7-8,11-14H2,1-2H3. The van der Waals surface area contributed by atoms with E-state index in [4.69, 9.17) is 0 Å². The summed E-state index contributed by atoms with van der Waals surface area (Å²) in [5.41, 5.74) is 0.907. The van der Waals surface area contributed by atoms with Crippen LogP contribution in [-0.2, 0) is 10.2 Å². The molecule has 1 aliphatic carbocycles. The second kappa shape index (κ2) is 8.24. The minimum atomic E-state index is -3.55. The van der Waals surface area contributed by atoms with E-state index in [1.54, 1.807) is 14.1 Å². The van der Waals surface area contributed by atoms with E-state index in [-0.39, 0.29) is 18.7 Å². The van der Waals surface area contributed by atoms with E-state index in [9.17, 15) is 13.5 Å². The Kier molecular flexibility index (Phi) is 6.59. The van der Waals surface area contributed by atoms with Crippen LogP contribution in [0.3, 0.4) is 0 Å². The van der Waals surface area contributed by atoms with Gasteiger partial charge in [-0.3, -0.25) is 0 Å². The van der Waals surface area contributed by atoms with E-state index in [2.05, 4.69) is 0 Å². The van der Waals surface area contributed by atoms with Gasteiger partial charge in [-0.2, -0.15) is 17.0 Å². The van der Waals surface area contributed by atoms with Crippen molar-refractivity contribution in [2.24, 2.45) is 0 Å². The highest BCUT2D eigenvalue weighted by Gasteiger charge is 2.34. The molecular weight excluding hydrogens is 312 g/mol. The van der Waals surface area contributed by atoms with Gasteiger partial charge in [0.15, 0.2) is 0 Å². The third-order valence-electron chi connectivity index (χ3n) is 4.84. The van der Waals surface area contributed by atoms with E-state index in [0.29, 0.717) is 6.42 Å². The summed E-state index contributed by atoms with van der Waals surface area (Å²) >= 11 is 0. The molecule has 1 aromatic rings. The van der Waals surface area contributed by atoms with Crippen molar-refractivity contribution in [3.63, 3.8) is 0 Å². The van der Waals surface area contributed by atoms with Crippen LogP contribution in [0.2, 0.25) is 0 Å². The zero-order valence-corrected chi connectivity index (χ0v) is 14.9. The Balaban J connectivity index is 2.21. The lowest BCUT2D eigenvalue weighted by Gasteiger charge is -2.36. The molecule has 0 bridgehead atoms. The van der Waals surface area contributed by atoms with Crippen molar-refractivity contribution in [3.05, 3.63) is 35.9 Å². The first-order valence-electron chi connectivity index (χ1n) is 8.35. The van der Waals surface area contributed by atoms with Crippen LogP contribution in [0.1, 0.15) is 50.1 Å². The molecule has 1 aromatic carbocycles. The van der Waals surface area contributed by atoms with Gasteiger partial charge >= 0.3 is 0 Å². The van der Waals surface area contributed by atoms with Crippen LogP contribution in [-0.4, -0.2) is 48.9 Å². The zero-order chi connectivity index (χ0) is 16.9. The number of hydrogen-bond donors (Lipinski definition) is 1. The predicted octanol–water partition coefficient (Wildman–Crippen LogP) is 2.55. The Labute approximate surface area is 140 Å². The van der Waals surface area contributed by atoms with Crippen LogP contribution >= 0.6 is 0 Å². The summed E-state index contributed by atoms with van der Waals surface area (Å²) < 4.78 is 28.9. The van der Waals surface area contributed by atoms with Crippen molar-refractivity contribution in [1.82, 2.24) is 8.61 Å². The van der Waals surface area contributed by atoms with E-state index < -0.39 is 10.2 Å². The van der Waals surface area contributed by atoms with Gasteiger partial charge in [0.1, 0.15) is 0 Å². The lowest BCUT2D eigenvalue weighted by molar-refractivity contribution is 0.222. The summed E-state index contributed by atoms with van der Waals surface area (Å²) in [6.07, 6.45) is 5.62. The number of hydrogen-bond acceptors (Lipinski definition) is 3. The molecular formula is C17H28N2O3S. The smallest absolute Gasteiger partial charge is 0.282 e. The SMILES string of the molecule is CN(C1CCCCC1)S(=O)(=O)N(C)C(CCO)c1ccccc1. The average Bonchev–Trinajstić information content (AvgIpc) is 2.60. The molecule has 0 spiro atoms. The summed E-state index contributed by atoms with van der Waals surface area (Å²) in [6, 6.07) is 9.25. The Morgan fingerprint density at radius 1 is 1.13 bits per heavy atom. The molecule has 0 radical (unpaired) electrons. The summed E-state index contributed by atoms with van der Waals surface area (Å²) in [4.78, 5) is 0. The Morgan fingerprint density at radius 2 is 1.74 bits per heavy atom. The maximum absolute atomic E-state index is 13.0. The molecule has 130 valence electrons. The Morgan fingerprint density at radius 3 is 2.30 bits per heavy atom. The maximum atomic E-state index is 13.0. The molecule has 6 heteroatoms. The van der Waals surface area contributed by atoms with Gasteiger partial charge in [-0.1, -0.05) is 49.6 Å². The molecule has 2 rings (SSSR count). The van der Waals surface area contributed by atoms with Crippen molar-refractivity contribution in [2.45, 2.75) is 50.6 Å². The molecule has 1 saturated carbocycles. The number of rotatable bonds is 7. The highest BCUT2D eigenvalue weighted by Crippen LogP contribution is 2.30. The molecule has 1 aliphatic rings. The van der Waals surface area contributed by atoms with Crippen LogP contribution in [0.15, 0.2) is 30.3 Å². The summed E-state index contributed by atoms with van der Waals surface area (Å²) in [7, 11) is -0.256. The lowest BCUT2D eigenvalue weighted by Crippen LogP contribution is -2.46. The molecule has 0 aromatic heterocycles. The van der Waals surface area contributed by atoms with Crippen LogP contribution in [0.25, 0.3) is 0 Å². The molecule has 5 nitrogen and oxygen atoms in total. The van der Waals surface area contributed by atoms with Gasteiger partial charge < -0.3 is 5.11 Å². The number of aliphatic hydroxyl groups is 1. The Bertz CT molecular complexity index is 571. The van der Waals surface area contributed by atoms with Gasteiger partial charge in [-0.15, -0.1) is 0 Å². The predicted molar refractivity (Wildman–Crippen MR) is 92.2 cm³/mol. The van der Waals surface area contributed by atoms with Crippen molar-refractivity contribution >= 4 is 10.2 Å². The normalized spacial score (nSPS) is 18.5. The fourth-order valence-electron chi connectivity index (χ4n) is 3.35. The van der Waals surface area contributed by atoms with Crippen LogP contribution in [0.4, 0.5) is 0 Å². The molecule has 1 unspecified atom stereocenters. The first-order chi connectivity index (χ1) is 11.0. The molecule has 0 saturated heterocycles. The highest BCUT2D eigenvalue weighted by molar-refractivity contribution is 7.86. The van der Waals surface area contributed by atoms with E-state index >= 15 is 0 Å². The van der Waals surface area contributed by atoms with Gasteiger partial charge in [0.2, 0.25) is 0 Å². The largest absolute Gasteiger partial charge is 0.396 e. The van der Waals surface area contributed by atoms with Gasteiger partial charge in [0.25, 0.3) is 10.2 Å². The van der Waals surface area contributed by atoms with Gasteiger partial charge in [0, 0.05) is 26.7 Å². The van der Waals surface area contributed by atoms with Crippen molar-refractivity contribution in [1.29, 1.82) is 0 Å². The van der Waals surface area contributed by atoms with Crippen LogP contribution in [0, 0.1) is 0 Å². The number of aliphatic hydroxyl groups excluding tert-OH is 1. The number of nitrogens with zero attached hydrogens (tertiary/aromatic N) is 2. The summed E-state index contributed by atoms with van der Waals surface area (Å²) in [6.45, 7) is -0.0490. The molecule has 0 heterocycles. The van der Waals surface area contributed by atoms with Crippen LogP contribution in [0.5, 0.6) is 0 Å². The fourth-order valence-corrected chi connectivity index (χ4v) is 4.90. The van der Waals surface area contributed by atoms with Crippen molar-refractivity contribution in [2.75, 3.05) is 20.7 Å². The summed E-state index contributed by atoms with van der Waals surface area (Å²) in [5.74, 6) is 0. The second-order valence-electron chi connectivity index (χ2n) is 6.27. The molecule has 0 aliphatic heterocycles. The van der Waals surface area contributed by atoms with E-state index in [1.165, 1.54) is 15.0 Å². The third-order valence-corrected chi connectivity index (χ3v) is 6.85. The minimum Gasteiger partial charge on any atom is -0.396 e.